The molecule has 0 bridgehead atoms. The first-order valence-corrected chi connectivity index (χ1v) is 4.39. The lowest BCUT2D eigenvalue weighted by molar-refractivity contribution is 0.919. The number of nitrogens with zero attached hydrogens (tertiary/aromatic N) is 1. The predicted octanol–water partition coefficient (Wildman–Crippen LogP) is 0.949. The van der Waals surface area contributed by atoms with Crippen molar-refractivity contribution in [1.82, 2.24) is 0 Å². The summed E-state index contributed by atoms with van der Waals surface area (Å²) < 4.78 is 0. The average molecular weight is 175 g/mol. The molecule has 0 saturated heterocycles. The first kappa shape index (κ1) is 8.10. The Morgan fingerprint density at radius 2 is 1.85 bits per heavy atom. The van der Waals surface area contributed by atoms with Crippen molar-refractivity contribution in [3.8, 4) is 0 Å². The molecule has 1 aromatic rings. The van der Waals surface area contributed by atoms with Crippen LogP contribution in [0.5, 0.6) is 0 Å². The summed E-state index contributed by atoms with van der Waals surface area (Å²) in [6, 6.07) is 10.2. The van der Waals surface area contributed by atoms with Crippen molar-refractivity contribution in [2.75, 3.05) is 0 Å². The predicted molar refractivity (Wildman–Crippen MR) is 53.2 cm³/mol. The zero-order valence-corrected chi connectivity index (χ0v) is 7.40. The number of amidine groups is 1. The smallest absolute Gasteiger partial charge is 0.130 e. The van der Waals surface area contributed by atoms with Crippen LogP contribution in [0.3, 0.4) is 0 Å². The molecule has 0 spiro atoms. The highest BCUT2D eigenvalue weighted by molar-refractivity contribution is 5.94. The molecule has 0 aromatic heterocycles. The van der Waals surface area contributed by atoms with Crippen LogP contribution < -0.4 is 11.6 Å². The van der Waals surface area contributed by atoms with Gasteiger partial charge in [0.15, 0.2) is 0 Å². The lowest BCUT2D eigenvalue weighted by atomic mass is 9.95. The molecule has 0 aliphatic heterocycles. The molecule has 13 heavy (non-hydrogen) atoms. The maximum absolute atomic E-state index is 5.77. The van der Waals surface area contributed by atoms with Crippen molar-refractivity contribution in [2.45, 2.75) is 18.3 Å². The number of hydrazone groups is 1. The van der Waals surface area contributed by atoms with Gasteiger partial charge in [0.25, 0.3) is 0 Å². The fourth-order valence-electron chi connectivity index (χ4n) is 1.70. The summed E-state index contributed by atoms with van der Waals surface area (Å²) in [5.74, 6) is 5.75. The van der Waals surface area contributed by atoms with Crippen molar-refractivity contribution >= 4 is 5.84 Å². The lowest BCUT2D eigenvalue weighted by Crippen LogP contribution is -2.30. The molecule has 0 amide bonds. The molecule has 0 radical (unpaired) electrons. The molecule has 0 atom stereocenters. The second-order valence-corrected chi connectivity index (χ2v) is 3.46. The number of rotatable bonds is 2. The minimum absolute atomic E-state index is 0.0456. The zero-order chi connectivity index (χ0) is 9.31. The van der Waals surface area contributed by atoms with Gasteiger partial charge in [-0.25, -0.2) is 0 Å². The summed E-state index contributed by atoms with van der Waals surface area (Å²) in [5.41, 5.74) is 6.95. The minimum Gasteiger partial charge on any atom is -0.385 e. The molecule has 1 saturated carbocycles. The Balaban J connectivity index is 2.37. The Labute approximate surface area is 77.4 Å². The summed E-state index contributed by atoms with van der Waals surface area (Å²) in [4.78, 5) is 0. The molecular formula is C10H13N3. The van der Waals surface area contributed by atoms with E-state index in [4.69, 9.17) is 11.6 Å². The van der Waals surface area contributed by atoms with Crippen LogP contribution in [-0.2, 0) is 5.41 Å². The molecular weight excluding hydrogens is 162 g/mol. The highest BCUT2D eigenvalue weighted by Crippen LogP contribution is 2.48. The summed E-state index contributed by atoms with van der Waals surface area (Å²) >= 11 is 0. The van der Waals surface area contributed by atoms with E-state index in [1.54, 1.807) is 0 Å². The van der Waals surface area contributed by atoms with E-state index in [-0.39, 0.29) is 5.41 Å². The van der Waals surface area contributed by atoms with Gasteiger partial charge in [-0.2, -0.15) is 5.10 Å². The third-order valence-electron chi connectivity index (χ3n) is 2.71. The van der Waals surface area contributed by atoms with Crippen LogP contribution in [0.15, 0.2) is 35.4 Å². The molecule has 1 aliphatic carbocycles. The van der Waals surface area contributed by atoms with Gasteiger partial charge in [0, 0.05) is 0 Å². The Hall–Kier alpha value is -1.51. The van der Waals surface area contributed by atoms with Gasteiger partial charge in [-0.05, 0) is 18.4 Å². The highest BCUT2D eigenvalue weighted by Gasteiger charge is 2.48. The molecule has 0 heterocycles. The third-order valence-corrected chi connectivity index (χ3v) is 2.71. The monoisotopic (exact) mass is 175 g/mol. The molecule has 1 aromatic carbocycles. The maximum Gasteiger partial charge on any atom is 0.130 e. The molecule has 3 nitrogen and oxygen atoms in total. The number of hydrogen-bond donors (Lipinski definition) is 2. The molecule has 1 fully saturated rings. The zero-order valence-electron chi connectivity index (χ0n) is 7.40. The fraction of sp³-hybridized carbons (Fsp3) is 0.300. The van der Waals surface area contributed by atoms with Crippen molar-refractivity contribution in [3.05, 3.63) is 35.9 Å². The van der Waals surface area contributed by atoms with Gasteiger partial charge in [-0.15, -0.1) is 0 Å². The van der Waals surface area contributed by atoms with Crippen LogP contribution >= 0.6 is 0 Å². The quantitative estimate of drug-likeness (QED) is 0.304. The maximum atomic E-state index is 5.77. The average Bonchev–Trinajstić information content (AvgIpc) is 2.99. The summed E-state index contributed by atoms with van der Waals surface area (Å²) in [6.45, 7) is 0. The number of hydrogen-bond acceptors (Lipinski definition) is 2. The van der Waals surface area contributed by atoms with Crippen LogP contribution in [0.4, 0.5) is 0 Å². The molecule has 1 aliphatic rings. The fourth-order valence-corrected chi connectivity index (χ4v) is 1.70. The number of benzene rings is 1. The standard InChI is InChI=1S/C10H13N3/c11-9(13-12)10(6-7-10)8-4-2-1-3-5-8/h1-5H,6-7,12H2,(H2,11,13). The van der Waals surface area contributed by atoms with E-state index in [9.17, 15) is 0 Å². The number of nitrogens with two attached hydrogens (primary N) is 2. The van der Waals surface area contributed by atoms with Crippen molar-refractivity contribution in [1.29, 1.82) is 0 Å². The topological polar surface area (TPSA) is 64.4 Å². The lowest BCUT2D eigenvalue weighted by Gasteiger charge is -2.13. The summed E-state index contributed by atoms with van der Waals surface area (Å²) in [5, 5.41) is 3.59. The normalized spacial score (nSPS) is 19.8. The molecule has 0 unspecified atom stereocenters. The van der Waals surface area contributed by atoms with E-state index in [0.29, 0.717) is 5.84 Å². The summed E-state index contributed by atoms with van der Waals surface area (Å²) in [7, 11) is 0. The van der Waals surface area contributed by atoms with Crippen LogP contribution in [0.25, 0.3) is 0 Å². The first-order chi connectivity index (χ1) is 6.29. The molecule has 4 N–H and O–H groups in total. The van der Waals surface area contributed by atoms with Crippen LogP contribution in [0.2, 0.25) is 0 Å². The Bertz CT molecular complexity index is 325. The summed E-state index contributed by atoms with van der Waals surface area (Å²) in [6.07, 6.45) is 2.12. The van der Waals surface area contributed by atoms with Gasteiger partial charge in [0.05, 0.1) is 5.41 Å². The van der Waals surface area contributed by atoms with Crippen molar-refractivity contribution < 1.29 is 0 Å². The van der Waals surface area contributed by atoms with Crippen LogP contribution in [0, 0.1) is 0 Å². The van der Waals surface area contributed by atoms with E-state index in [2.05, 4.69) is 17.2 Å². The van der Waals surface area contributed by atoms with E-state index < -0.39 is 0 Å². The molecule has 3 heteroatoms. The van der Waals surface area contributed by atoms with E-state index in [1.165, 1.54) is 5.56 Å². The minimum atomic E-state index is -0.0456. The Morgan fingerprint density at radius 1 is 1.23 bits per heavy atom. The van der Waals surface area contributed by atoms with Crippen LogP contribution in [-0.4, -0.2) is 5.84 Å². The Kier molecular flexibility index (Phi) is 1.72. The second-order valence-electron chi connectivity index (χ2n) is 3.46. The molecule has 68 valence electrons. The molecule has 2 rings (SSSR count). The van der Waals surface area contributed by atoms with Gasteiger partial charge in [-0.3, -0.25) is 0 Å². The third kappa shape index (κ3) is 1.16. The largest absolute Gasteiger partial charge is 0.385 e. The van der Waals surface area contributed by atoms with Gasteiger partial charge in [0.2, 0.25) is 0 Å². The van der Waals surface area contributed by atoms with Crippen LogP contribution in [0.1, 0.15) is 18.4 Å². The van der Waals surface area contributed by atoms with E-state index in [1.807, 2.05) is 18.2 Å². The van der Waals surface area contributed by atoms with Crippen molar-refractivity contribution in [2.24, 2.45) is 16.7 Å². The second kappa shape index (κ2) is 2.76. The van der Waals surface area contributed by atoms with E-state index in [0.717, 1.165) is 12.8 Å². The van der Waals surface area contributed by atoms with Crippen molar-refractivity contribution in [3.63, 3.8) is 0 Å². The van der Waals surface area contributed by atoms with Gasteiger partial charge in [-0.1, -0.05) is 30.3 Å². The SMILES string of the molecule is N/N=C(\N)C1(c2ccccc2)CC1. The highest BCUT2D eigenvalue weighted by atomic mass is 15.2. The first-order valence-electron chi connectivity index (χ1n) is 4.39. The van der Waals surface area contributed by atoms with Gasteiger partial charge >= 0.3 is 0 Å². The van der Waals surface area contributed by atoms with Gasteiger partial charge < -0.3 is 11.6 Å². The Morgan fingerprint density at radius 3 is 2.31 bits per heavy atom. The van der Waals surface area contributed by atoms with E-state index >= 15 is 0 Å². The van der Waals surface area contributed by atoms with Gasteiger partial charge in [0.1, 0.15) is 5.84 Å².